The molecule has 0 aliphatic carbocycles. The van der Waals surface area contributed by atoms with Gasteiger partial charge in [-0.25, -0.2) is 0 Å². The lowest BCUT2D eigenvalue weighted by atomic mass is 10.1. The highest BCUT2D eigenvalue weighted by molar-refractivity contribution is 5.85. The largest absolute Gasteiger partial charge is 0.411 e. The summed E-state index contributed by atoms with van der Waals surface area (Å²) in [5.74, 6) is 0. The SMILES string of the molecule is CC1CN(CCOCC(F)(F)F)CC(C)N1.Cl. The van der Waals surface area contributed by atoms with Crippen molar-refractivity contribution in [2.45, 2.75) is 32.1 Å². The Kier molecular flexibility index (Phi) is 7.39. The maximum atomic E-state index is 11.8. The molecule has 0 amide bonds. The Labute approximate surface area is 106 Å². The molecular formula is C10H20ClF3N2O. The highest BCUT2D eigenvalue weighted by Gasteiger charge is 2.27. The Hall–Kier alpha value is -0.0400. The van der Waals surface area contributed by atoms with Gasteiger partial charge in [0, 0.05) is 31.7 Å². The minimum atomic E-state index is -4.22. The molecule has 2 atom stereocenters. The van der Waals surface area contributed by atoms with Crippen LogP contribution in [0.2, 0.25) is 0 Å². The van der Waals surface area contributed by atoms with Crippen LogP contribution in [0.5, 0.6) is 0 Å². The summed E-state index contributed by atoms with van der Waals surface area (Å²) in [5, 5.41) is 3.36. The fourth-order valence-corrected chi connectivity index (χ4v) is 2.00. The van der Waals surface area contributed by atoms with E-state index in [4.69, 9.17) is 0 Å². The second-order valence-corrected chi connectivity index (χ2v) is 4.40. The molecule has 104 valence electrons. The summed E-state index contributed by atoms with van der Waals surface area (Å²) in [6.45, 7) is 5.41. The van der Waals surface area contributed by atoms with Crippen molar-refractivity contribution in [1.82, 2.24) is 10.2 Å². The van der Waals surface area contributed by atoms with Gasteiger partial charge in [0.1, 0.15) is 6.61 Å². The van der Waals surface area contributed by atoms with Crippen LogP contribution in [-0.2, 0) is 4.74 Å². The van der Waals surface area contributed by atoms with Gasteiger partial charge < -0.3 is 10.1 Å². The Morgan fingerprint density at radius 3 is 2.24 bits per heavy atom. The first-order chi connectivity index (χ1) is 7.37. The highest BCUT2D eigenvalue weighted by atomic mass is 35.5. The molecule has 0 bridgehead atoms. The number of ether oxygens (including phenoxy) is 1. The van der Waals surface area contributed by atoms with E-state index in [-0.39, 0.29) is 19.0 Å². The standard InChI is InChI=1S/C10H19F3N2O.ClH/c1-8-5-15(6-9(2)14-8)3-4-16-7-10(11,12)13;/h8-9,14H,3-7H2,1-2H3;1H. The lowest BCUT2D eigenvalue weighted by Crippen LogP contribution is -2.54. The zero-order valence-electron chi connectivity index (χ0n) is 10.1. The maximum absolute atomic E-state index is 11.8. The Balaban J connectivity index is 0.00000256. The third-order valence-corrected chi connectivity index (χ3v) is 2.45. The van der Waals surface area contributed by atoms with E-state index in [1.54, 1.807) is 0 Å². The monoisotopic (exact) mass is 276 g/mol. The molecule has 1 aliphatic rings. The van der Waals surface area contributed by atoms with Gasteiger partial charge >= 0.3 is 6.18 Å². The van der Waals surface area contributed by atoms with Crippen LogP contribution < -0.4 is 5.32 Å². The van der Waals surface area contributed by atoms with Crippen molar-refractivity contribution in [1.29, 1.82) is 0 Å². The fourth-order valence-electron chi connectivity index (χ4n) is 2.00. The van der Waals surface area contributed by atoms with Crippen LogP contribution in [-0.4, -0.2) is 56.0 Å². The van der Waals surface area contributed by atoms with Gasteiger partial charge in [-0.05, 0) is 13.8 Å². The number of hydrogen-bond acceptors (Lipinski definition) is 3. The normalized spacial score (nSPS) is 26.6. The van der Waals surface area contributed by atoms with Crippen molar-refractivity contribution >= 4 is 12.4 Å². The van der Waals surface area contributed by atoms with Gasteiger partial charge in [0.25, 0.3) is 0 Å². The van der Waals surface area contributed by atoms with Crippen molar-refractivity contribution in [3.63, 3.8) is 0 Å². The molecule has 17 heavy (non-hydrogen) atoms. The quantitative estimate of drug-likeness (QED) is 0.791. The van der Waals surface area contributed by atoms with E-state index in [0.717, 1.165) is 13.1 Å². The molecule has 0 aromatic carbocycles. The molecule has 0 aromatic rings. The lowest BCUT2D eigenvalue weighted by molar-refractivity contribution is -0.174. The second kappa shape index (κ2) is 7.41. The van der Waals surface area contributed by atoms with Crippen LogP contribution in [0, 0.1) is 0 Å². The minimum Gasteiger partial charge on any atom is -0.371 e. The number of rotatable bonds is 4. The van der Waals surface area contributed by atoms with Crippen molar-refractivity contribution < 1.29 is 17.9 Å². The number of alkyl halides is 3. The summed E-state index contributed by atoms with van der Waals surface area (Å²) in [6, 6.07) is 0.762. The predicted molar refractivity (Wildman–Crippen MR) is 62.6 cm³/mol. The van der Waals surface area contributed by atoms with Gasteiger partial charge in [-0.15, -0.1) is 12.4 Å². The van der Waals surface area contributed by atoms with E-state index in [9.17, 15) is 13.2 Å². The number of piperazine rings is 1. The van der Waals surface area contributed by atoms with Crippen LogP contribution in [0.25, 0.3) is 0 Å². The fraction of sp³-hybridized carbons (Fsp3) is 1.00. The van der Waals surface area contributed by atoms with Crippen LogP contribution in [0.3, 0.4) is 0 Å². The molecule has 1 saturated heterocycles. The summed E-state index contributed by atoms with van der Waals surface area (Å²) in [6.07, 6.45) is -4.22. The molecule has 3 nitrogen and oxygen atoms in total. The van der Waals surface area contributed by atoms with Gasteiger partial charge in [0.05, 0.1) is 6.61 Å². The molecule has 0 radical (unpaired) electrons. The summed E-state index contributed by atoms with van der Waals surface area (Å²) in [7, 11) is 0. The van der Waals surface area contributed by atoms with E-state index in [1.165, 1.54) is 0 Å². The van der Waals surface area contributed by atoms with Gasteiger partial charge in [0.15, 0.2) is 0 Å². The molecule has 1 N–H and O–H groups in total. The van der Waals surface area contributed by atoms with Crippen molar-refractivity contribution in [2.24, 2.45) is 0 Å². The molecule has 1 aliphatic heterocycles. The van der Waals surface area contributed by atoms with Crippen molar-refractivity contribution in [2.75, 3.05) is 32.8 Å². The molecule has 2 unspecified atom stereocenters. The van der Waals surface area contributed by atoms with Gasteiger partial charge in [-0.3, -0.25) is 4.90 Å². The summed E-state index contributed by atoms with van der Waals surface area (Å²) in [4.78, 5) is 2.13. The Morgan fingerprint density at radius 1 is 1.24 bits per heavy atom. The average molecular weight is 277 g/mol. The van der Waals surface area contributed by atoms with Crippen molar-refractivity contribution in [3.8, 4) is 0 Å². The molecule has 0 spiro atoms. The zero-order chi connectivity index (χ0) is 12.2. The summed E-state index contributed by atoms with van der Waals surface area (Å²) < 4.78 is 40.0. The predicted octanol–water partition coefficient (Wildman–Crippen LogP) is 1.67. The smallest absolute Gasteiger partial charge is 0.371 e. The number of nitrogens with one attached hydrogen (secondary N) is 1. The first kappa shape index (κ1) is 17.0. The number of halogens is 4. The summed E-state index contributed by atoms with van der Waals surface area (Å²) >= 11 is 0. The van der Waals surface area contributed by atoms with Gasteiger partial charge in [-0.2, -0.15) is 13.2 Å². The summed E-state index contributed by atoms with van der Waals surface area (Å²) in [5.41, 5.74) is 0. The zero-order valence-corrected chi connectivity index (χ0v) is 10.9. The topological polar surface area (TPSA) is 24.5 Å². The third kappa shape index (κ3) is 7.81. The minimum absolute atomic E-state index is 0. The van der Waals surface area contributed by atoms with E-state index < -0.39 is 12.8 Å². The average Bonchev–Trinajstić information content (AvgIpc) is 2.09. The first-order valence-corrected chi connectivity index (χ1v) is 5.50. The first-order valence-electron chi connectivity index (χ1n) is 5.50. The third-order valence-electron chi connectivity index (χ3n) is 2.45. The van der Waals surface area contributed by atoms with E-state index in [0.29, 0.717) is 18.6 Å². The molecule has 0 aromatic heterocycles. The highest BCUT2D eigenvalue weighted by Crippen LogP contribution is 2.14. The number of hydrogen-bond donors (Lipinski definition) is 1. The van der Waals surface area contributed by atoms with Crippen LogP contribution >= 0.6 is 12.4 Å². The van der Waals surface area contributed by atoms with Gasteiger partial charge in [0.2, 0.25) is 0 Å². The molecule has 1 heterocycles. The van der Waals surface area contributed by atoms with Crippen LogP contribution in [0.1, 0.15) is 13.8 Å². The number of nitrogens with zero attached hydrogens (tertiary/aromatic N) is 1. The second-order valence-electron chi connectivity index (χ2n) is 4.40. The van der Waals surface area contributed by atoms with E-state index in [1.807, 2.05) is 0 Å². The molecule has 7 heteroatoms. The molecule has 0 saturated carbocycles. The molecular weight excluding hydrogens is 257 g/mol. The molecule has 1 fully saturated rings. The van der Waals surface area contributed by atoms with Crippen LogP contribution in [0.15, 0.2) is 0 Å². The lowest BCUT2D eigenvalue weighted by Gasteiger charge is -2.36. The Bertz CT molecular complexity index is 206. The Morgan fingerprint density at radius 2 is 1.76 bits per heavy atom. The molecule has 1 rings (SSSR count). The van der Waals surface area contributed by atoms with Crippen LogP contribution in [0.4, 0.5) is 13.2 Å². The van der Waals surface area contributed by atoms with E-state index in [2.05, 4.69) is 28.8 Å². The van der Waals surface area contributed by atoms with Crippen molar-refractivity contribution in [3.05, 3.63) is 0 Å². The van der Waals surface area contributed by atoms with Gasteiger partial charge in [-0.1, -0.05) is 0 Å². The van der Waals surface area contributed by atoms with E-state index >= 15 is 0 Å². The maximum Gasteiger partial charge on any atom is 0.411 e.